The van der Waals surface area contributed by atoms with Gasteiger partial charge in [0.1, 0.15) is 12.4 Å². The van der Waals surface area contributed by atoms with E-state index in [1.54, 1.807) is 18.3 Å². The van der Waals surface area contributed by atoms with Crippen molar-refractivity contribution < 1.29 is 9.53 Å². The number of aromatic nitrogens is 1. The molecule has 1 aromatic heterocycles. The molecule has 0 bridgehead atoms. The number of nitrogens with two attached hydrogens (primary N) is 1. The Morgan fingerprint density at radius 2 is 2.00 bits per heavy atom. The van der Waals surface area contributed by atoms with Gasteiger partial charge in [-0.25, -0.2) is 0 Å². The van der Waals surface area contributed by atoms with Crippen LogP contribution in [0.4, 0.5) is 0 Å². The van der Waals surface area contributed by atoms with E-state index in [9.17, 15) is 4.79 Å². The summed E-state index contributed by atoms with van der Waals surface area (Å²) in [6.07, 6.45) is 1.74. The van der Waals surface area contributed by atoms with Crippen LogP contribution in [0.1, 0.15) is 15.9 Å². The number of carbonyl (C=O) groups excluding carboxylic acids is 1. The van der Waals surface area contributed by atoms with E-state index in [-0.39, 0.29) is 6.61 Å². The fourth-order valence-corrected chi connectivity index (χ4v) is 2.70. The number of hydrogen-bond acceptors (Lipinski definition) is 3. The SMILES string of the molecule is NC(=O)c1ccccc1COc1cc(Br)cc2ncccc12. The van der Waals surface area contributed by atoms with Crippen molar-refractivity contribution in [2.75, 3.05) is 0 Å². The molecule has 2 N–H and O–H groups in total. The Kier molecular flexibility index (Phi) is 4.06. The summed E-state index contributed by atoms with van der Waals surface area (Å²) >= 11 is 3.45. The third kappa shape index (κ3) is 2.94. The molecule has 0 aliphatic heterocycles. The number of benzene rings is 2. The molecule has 22 heavy (non-hydrogen) atoms. The zero-order valence-electron chi connectivity index (χ0n) is 11.6. The van der Waals surface area contributed by atoms with Crippen LogP contribution in [0.15, 0.2) is 59.2 Å². The van der Waals surface area contributed by atoms with Crippen LogP contribution in [0.25, 0.3) is 10.9 Å². The molecule has 0 atom stereocenters. The van der Waals surface area contributed by atoms with Crippen LogP contribution in [0.2, 0.25) is 0 Å². The second-order valence-corrected chi connectivity index (χ2v) is 5.70. The maximum atomic E-state index is 11.4. The standard InChI is InChI=1S/C17H13BrN2O2/c18-12-8-15-14(6-3-7-20-15)16(9-12)22-10-11-4-1-2-5-13(11)17(19)21/h1-9H,10H2,(H2,19,21). The lowest BCUT2D eigenvalue weighted by atomic mass is 10.1. The van der Waals surface area contributed by atoms with E-state index in [4.69, 9.17) is 10.5 Å². The van der Waals surface area contributed by atoms with Crippen LogP contribution < -0.4 is 10.5 Å². The molecule has 0 aliphatic carbocycles. The van der Waals surface area contributed by atoms with Gasteiger partial charge in [-0.2, -0.15) is 0 Å². The van der Waals surface area contributed by atoms with Gasteiger partial charge in [-0.05, 0) is 30.3 Å². The number of hydrogen-bond donors (Lipinski definition) is 1. The summed E-state index contributed by atoms with van der Waals surface area (Å²) in [5, 5.41) is 0.919. The van der Waals surface area contributed by atoms with Crippen LogP contribution in [0.3, 0.4) is 0 Å². The van der Waals surface area contributed by atoms with Crippen molar-refractivity contribution in [1.82, 2.24) is 4.98 Å². The average molecular weight is 357 g/mol. The predicted molar refractivity (Wildman–Crippen MR) is 88.7 cm³/mol. The second-order valence-electron chi connectivity index (χ2n) is 4.78. The van der Waals surface area contributed by atoms with Crippen molar-refractivity contribution in [3.05, 3.63) is 70.3 Å². The van der Waals surface area contributed by atoms with E-state index in [0.29, 0.717) is 11.3 Å². The Bertz CT molecular complexity index is 849. The molecule has 0 fully saturated rings. The summed E-state index contributed by atoms with van der Waals surface area (Å²) in [5.41, 5.74) is 7.46. The minimum Gasteiger partial charge on any atom is -0.488 e. The highest BCUT2D eigenvalue weighted by Crippen LogP contribution is 2.29. The normalized spacial score (nSPS) is 10.6. The minimum atomic E-state index is -0.458. The first-order valence-corrected chi connectivity index (χ1v) is 7.49. The molecular weight excluding hydrogens is 344 g/mol. The Hall–Kier alpha value is -2.40. The second kappa shape index (κ2) is 6.15. The van der Waals surface area contributed by atoms with Gasteiger partial charge in [0.15, 0.2) is 0 Å². The molecule has 0 aliphatic rings. The van der Waals surface area contributed by atoms with Gasteiger partial charge in [-0.15, -0.1) is 0 Å². The minimum absolute atomic E-state index is 0.263. The van der Waals surface area contributed by atoms with E-state index < -0.39 is 5.91 Å². The number of amides is 1. The fraction of sp³-hybridized carbons (Fsp3) is 0.0588. The van der Waals surface area contributed by atoms with Crippen molar-refractivity contribution >= 4 is 32.7 Å². The Morgan fingerprint density at radius 1 is 1.18 bits per heavy atom. The van der Waals surface area contributed by atoms with Crippen LogP contribution in [-0.4, -0.2) is 10.9 Å². The molecular formula is C17H13BrN2O2. The van der Waals surface area contributed by atoms with Crippen molar-refractivity contribution in [1.29, 1.82) is 0 Å². The van der Waals surface area contributed by atoms with Crippen LogP contribution in [0.5, 0.6) is 5.75 Å². The maximum Gasteiger partial charge on any atom is 0.249 e. The summed E-state index contributed by atoms with van der Waals surface area (Å²) in [6.45, 7) is 0.263. The van der Waals surface area contributed by atoms with Crippen molar-refractivity contribution in [3.8, 4) is 5.75 Å². The number of fused-ring (bicyclic) bond motifs is 1. The van der Waals surface area contributed by atoms with Gasteiger partial charge >= 0.3 is 0 Å². The van der Waals surface area contributed by atoms with E-state index in [1.807, 2.05) is 36.4 Å². The van der Waals surface area contributed by atoms with Gasteiger partial charge in [0.2, 0.25) is 5.91 Å². The van der Waals surface area contributed by atoms with Gasteiger partial charge in [-0.3, -0.25) is 9.78 Å². The highest BCUT2D eigenvalue weighted by Gasteiger charge is 2.10. The molecule has 4 nitrogen and oxygen atoms in total. The summed E-state index contributed by atoms with van der Waals surface area (Å²) < 4.78 is 6.79. The summed E-state index contributed by atoms with van der Waals surface area (Å²) in [5.74, 6) is 0.247. The Balaban J connectivity index is 1.93. The monoisotopic (exact) mass is 356 g/mol. The number of nitrogens with zero attached hydrogens (tertiary/aromatic N) is 1. The third-order valence-corrected chi connectivity index (χ3v) is 3.77. The van der Waals surface area contributed by atoms with Crippen molar-refractivity contribution in [2.45, 2.75) is 6.61 Å². The largest absolute Gasteiger partial charge is 0.488 e. The summed E-state index contributed by atoms with van der Waals surface area (Å²) in [6, 6.07) is 14.8. The van der Waals surface area contributed by atoms with Gasteiger partial charge in [-0.1, -0.05) is 34.1 Å². The zero-order chi connectivity index (χ0) is 15.5. The molecule has 1 heterocycles. The van der Waals surface area contributed by atoms with Crippen LogP contribution in [0, 0.1) is 0 Å². The number of ether oxygens (including phenoxy) is 1. The van der Waals surface area contributed by atoms with E-state index in [2.05, 4.69) is 20.9 Å². The highest BCUT2D eigenvalue weighted by atomic mass is 79.9. The van der Waals surface area contributed by atoms with Crippen molar-refractivity contribution in [2.24, 2.45) is 5.73 Å². The average Bonchev–Trinajstić information content (AvgIpc) is 2.52. The van der Waals surface area contributed by atoms with Crippen LogP contribution >= 0.6 is 15.9 Å². The molecule has 5 heteroatoms. The highest BCUT2D eigenvalue weighted by molar-refractivity contribution is 9.10. The first kappa shape index (κ1) is 14.5. The molecule has 0 saturated heterocycles. The third-order valence-electron chi connectivity index (χ3n) is 3.31. The topological polar surface area (TPSA) is 65.2 Å². The summed E-state index contributed by atoms with van der Waals surface area (Å²) in [4.78, 5) is 15.8. The van der Waals surface area contributed by atoms with Crippen molar-refractivity contribution in [3.63, 3.8) is 0 Å². The number of carbonyl (C=O) groups is 1. The molecule has 3 rings (SSSR count). The molecule has 2 aromatic carbocycles. The molecule has 0 unspecified atom stereocenters. The van der Waals surface area contributed by atoms with Gasteiger partial charge in [0.05, 0.1) is 5.52 Å². The first-order chi connectivity index (χ1) is 10.6. The van der Waals surface area contributed by atoms with E-state index in [1.165, 1.54) is 0 Å². The predicted octanol–water partition coefficient (Wildman–Crippen LogP) is 3.68. The van der Waals surface area contributed by atoms with Gasteiger partial charge in [0, 0.05) is 27.2 Å². The number of rotatable bonds is 4. The van der Waals surface area contributed by atoms with Gasteiger partial charge in [0.25, 0.3) is 0 Å². The molecule has 1 amide bonds. The molecule has 0 spiro atoms. The Morgan fingerprint density at radius 3 is 2.82 bits per heavy atom. The molecule has 110 valence electrons. The lowest BCUT2D eigenvalue weighted by molar-refractivity contribution is 0.0998. The van der Waals surface area contributed by atoms with Gasteiger partial charge < -0.3 is 10.5 Å². The molecule has 3 aromatic rings. The zero-order valence-corrected chi connectivity index (χ0v) is 13.2. The molecule has 0 radical (unpaired) electrons. The van der Waals surface area contributed by atoms with E-state index in [0.717, 1.165) is 20.9 Å². The number of primary amides is 1. The fourth-order valence-electron chi connectivity index (χ4n) is 2.28. The Labute approximate surface area is 136 Å². The number of pyridine rings is 1. The quantitative estimate of drug-likeness (QED) is 0.775. The molecule has 0 saturated carbocycles. The first-order valence-electron chi connectivity index (χ1n) is 6.70. The summed E-state index contributed by atoms with van der Waals surface area (Å²) in [7, 11) is 0. The lowest BCUT2D eigenvalue weighted by Gasteiger charge is -2.11. The maximum absolute atomic E-state index is 11.4. The number of halogens is 1. The lowest BCUT2D eigenvalue weighted by Crippen LogP contribution is -2.14. The van der Waals surface area contributed by atoms with Crippen LogP contribution in [-0.2, 0) is 6.61 Å². The smallest absolute Gasteiger partial charge is 0.249 e. The van der Waals surface area contributed by atoms with E-state index >= 15 is 0 Å².